The number of hydrogen-bond donors (Lipinski definition) is 1. The van der Waals surface area contributed by atoms with Crippen LogP contribution in [0.4, 0.5) is 0 Å². The fraction of sp³-hybridized carbons (Fsp3) is 0.875. The topological polar surface area (TPSA) is 32.6 Å². The van der Waals surface area contributed by atoms with Crippen molar-refractivity contribution < 1.29 is 5.21 Å². The quantitative estimate of drug-likeness (QED) is 0.481. The van der Waals surface area contributed by atoms with E-state index in [0.29, 0.717) is 0 Å². The summed E-state index contributed by atoms with van der Waals surface area (Å²) in [6.45, 7) is 0. The summed E-state index contributed by atoms with van der Waals surface area (Å²) >= 11 is 4.01. The maximum absolute atomic E-state index is 8.89. The molecular formula is C8H11NOS2. The van der Waals surface area contributed by atoms with E-state index in [1.165, 1.54) is 17.9 Å². The van der Waals surface area contributed by atoms with Gasteiger partial charge in [0.05, 0.1) is 5.71 Å². The lowest BCUT2D eigenvalue weighted by atomic mass is 10.2. The minimum absolute atomic E-state index is 0.222. The second-order valence-electron chi connectivity index (χ2n) is 3.72. The Morgan fingerprint density at radius 1 is 1.42 bits per heavy atom. The van der Waals surface area contributed by atoms with Crippen molar-refractivity contribution in [3.8, 4) is 0 Å². The molecule has 1 N–H and O–H groups in total. The third kappa shape index (κ3) is 0.777. The number of hydrogen-bond acceptors (Lipinski definition) is 4. The summed E-state index contributed by atoms with van der Waals surface area (Å²) in [5.74, 6) is 4.15. The molecule has 3 fully saturated rings. The molecule has 1 aliphatic heterocycles. The minimum atomic E-state index is 0.222. The second-order valence-corrected chi connectivity index (χ2v) is 6.66. The fourth-order valence-corrected chi connectivity index (χ4v) is 6.16. The van der Waals surface area contributed by atoms with Crippen LogP contribution in [0.5, 0.6) is 0 Å². The summed E-state index contributed by atoms with van der Waals surface area (Å²) in [7, 11) is 0. The van der Waals surface area contributed by atoms with Crippen molar-refractivity contribution >= 4 is 29.2 Å². The van der Waals surface area contributed by atoms with Crippen molar-refractivity contribution in [3.05, 3.63) is 0 Å². The monoisotopic (exact) mass is 201 g/mol. The number of oxime groups is 1. The Morgan fingerprint density at radius 3 is 2.83 bits per heavy atom. The van der Waals surface area contributed by atoms with E-state index < -0.39 is 0 Å². The van der Waals surface area contributed by atoms with Crippen LogP contribution in [0.3, 0.4) is 0 Å². The molecule has 0 aromatic heterocycles. The molecule has 1 heterocycles. The molecule has 66 valence electrons. The molecule has 0 aromatic carbocycles. The molecule has 0 bridgehead atoms. The summed E-state index contributed by atoms with van der Waals surface area (Å²) < 4.78 is 0.222. The highest BCUT2D eigenvalue weighted by atomic mass is 32.2. The van der Waals surface area contributed by atoms with E-state index in [1.807, 2.05) is 23.5 Å². The molecular weight excluding hydrogens is 190 g/mol. The average Bonchev–Trinajstić information content (AvgIpc) is 2.60. The molecule has 2 aliphatic carbocycles. The zero-order valence-electron chi connectivity index (χ0n) is 6.69. The highest BCUT2D eigenvalue weighted by molar-refractivity contribution is 8.22. The predicted molar refractivity (Wildman–Crippen MR) is 53.1 cm³/mol. The van der Waals surface area contributed by atoms with Gasteiger partial charge in [0.15, 0.2) is 0 Å². The van der Waals surface area contributed by atoms with E-state index >= 15 is 0 Å². The molecule has 2 unspecified atom stereocenters. The van der Waals surface area contributed by atoms with Gasteiger partial charge in [0, 0.05) is 11.5 Å². The van der Waals surface area contributed by atoms with Crippen molar-refractivity contribution in [1.82, 2.24) is 0 Å². The second kappa shape index (κ2) is 2.35. The average molecular weight is 201 g/mol. The van der Waals surface area contributed by atoms with Crippen LogP contribution in [-0.4, -0.2) is 26.5 Å². The van der Waals surface area contributed by atoms with E-state index in [1.54, 1.807) is 0 Å². The Balaban J connectivity index is 1.98. The van der Waals surface area contributed by atoms with Crippen LogP contribution in [0, 0.1) is 11.8 Å². The zero-order valence-corrected chi connectivity index (χ0v) is 8.33. The number of thioether (sulfide) groups is 2. The van der Waals surface area contributed by atoms with Crippen molar-refractivity contribution in [1.29, 1.82) is 0 Å². The molecule has 0 amide bonds. The van der Waals surface area contributed by atoms with E-state index in [2.05, 4.69) is 5.16 Å². The Labute approximate surface area is 80.2 Å². The first-order chi connectivity index (χ1) is 5.87. The van der Waals surface area contributed by atoms with Crippen LogP contribution in [0.25, 0.3) is 0 Å². The highest BCUT2D eigenvalue weighted by Gasteiger charge is 2.64. The summed E-state index contributed by atoms with van der Waals surface area (Å²) in [6, 6.07) is 0. The van der Waals surface area contributed by atoms with Crippen LogP contribution in [0.1, 0.15) is 12.8 Å². The van der Waals surface area contributed by atoms with Crippen LogP contribution in [0.2, 0.25) is 0 Å². The number of nitrogens with zero attached hydrogens (tertiary/aromatic N) is 1. The van der Waals surface area contributed by atoms with Gasteiger partial charge in [0.25, 0.3) is 0 Å². The first kappa shape index (κ1) is 7.56. The van der Waals surface area contributed by atoms with Crippen LogP contribution in [0.15, 0.2) is 5.16 Å². The molecule has 1 saturated heterocycles. The van der Waals surface area contributed by atoms with E-state index in [9.17, 15) is 0 Å². The highest BCUT2D eigenvalue weighted by Crippen LogP contribution is 2.67. The molecule has 1 spiro atoms. The van der Waals surface area contributed by atoms with Gasteiger partial charge < -0.3 is 5.21 Å². The van der Waals surface area contributed by atoms with Gasteiger partial charge in [-0.1, -0.05) is 5.16 Å². The summed E-state index contributed by atoms with van der Waals surface area (Å²) in [4.78, 5) is 0. The van der Waals surface area contributed by atoms with Crippen LogP contribution >= 0.6 is 23.5 Å². The molecule has 3 rings (SSSR count). The molecule has 2 saturated carbocycles. The largest absolute Gasteiger partial charge is 0.411 e. The van der Waals surface area contributed by atoms with Gasteiger partial charge in [-0.05, 0) is 24.7 Å². The van der Waals surface area contributed by atoms with Crippen LogP contribution in [-0.2, 0) is 0 Å². The van der Waals surface area contributed by atoms with Gasteiger partial charge in [0.2, 0.25) is 0 Å². The molecule has 0 aromatic rings. The Bertz CT molecular complexity index is 247. The minimum Gasteiger partial charge on any atom is -0.411 e. The van der Waals surface area contributed by atoms with Gasteiger partial charge in [-0.2, -0.15) is 0 Å². The first-order valence-corrected chi connectivity index (χ1v) is 6.33. The van der Waals surface area contributed by atoms with Gasteiger partial charge in [-0.15, -0.1) is 23.5 Å². The smallest absolute Gasteiger partial charge is 0.106 e. The third-order valence-electron chi connectivity index (χ3n) is 3.11. The number of rotatable bonds is 0. The van der Waals surface area contributed by atoms with E-state index in [4.69, 9.17) is 5.21 Å². The molecule has 0 radical (unpaired) electrons. The Kier molecular flexibility index (Phi) is 1.48. The Hall–Kier alpha value is 0.170. The zero-order chi connectivity index (χ0) is 8.18. The van der Waals surface area contributed by atoms with E-state index in [0.717, 1.165) is 24.0 Å². The lowest BCUT2D eigenvalue weighted by Gasteiger charge is -2.23. The predicted octanol–water partition coefficient (Wildman–Crippen LogP) is 2.03. The van der Waals surface area contributed by atoms with Crippen molar-refractivity contribution in [2.45, 2.75) is 16.9 Å². The Morgan fingerprint density at radius 2 is 2.17 bits per heavy atom. The standard InChI is InChI=1S/C8H11NOS2/c10-9-7-4-5-3-6(5)8(7)11-1-2-12-8/h5-6,10H,1-4H2/b9-7+. The lowest BCUT2D eigenvalue weighted by molar-refractivity contribution is 0.316. The van der Waals surface area contributed by atoms with Crippen molar-refractivity contribution in [2.24, 2.45) is 17.0 Å². The number of fused-ring (bicyclic) bond motifs is 2. The summed E-state index contributed by atoms with van der Waals surface area (Å²) in [5, 5.41) is 12.4. The summed E-state index contributed by atoms with van der Waals surface area (Å²) in [6.07, 6.45) is 2.43. The van der Waals surface area contributed by atoms with Crippen molar-refractivity contribution in [3.63, 3.8) is 0 Å². The summed E-state index contributed by atoms with van der Waals surface area (Å²) in [5.41, 5.74) is 1.07. The lowest BCUT2D eigenvalue weighted by Crippen LogP contribution is -2.27. The van der Waals surface area contributed by atoms with E-state index in [-0.39, 0.29) is 4.08 Å². The molecule has 2 atom stereocenters. The maximum Gasteiger partial charge on any atom is 0.106 e. The fourth-order valence-electron chi connectivity index (χ4n) is 2.46. The third-order valence-corrected chi connectivity index (χ3v) is 6.82. The molecule has 4 heteroatoms. The van der Waals surface area contributed by atoms with Gasteiger partial charge in [0.1, 0.15) is 4.08 Å². The molecule has 3 aliphatic rings. The normalized spacial score (nSPS) is 45.5. The van der Waals surface area contributed by atoms with Crippen molar-refractivity contribution in [2.75, 3.05) is 11.5 Å². The molecule has 2 nitrogen and oxygen atoms in total. The SMILES string of the molecule is O/N=C1\CC2CC2C12SCCS2. The van der Waals surface area contributed by atoms with Gasteiger partial charge in [-0.3, -0.25) is 0 Å². The van der Waals surface area contributed by atoms with Gasteiger partial charge in [-0.25, -0.2) is 0 Å². The van der Waals surface area contributed by atoms with Gasteiger partial charge >= 0.3 is 0 Å². The first-order valence-electron chi connectivity index (χ1n) is 4.36. The van der Waals surface area contributed by atoms with Crippen LogP contribution < -0.4 is 0 Å². The molecule has 12 heavy (non-hydrogen) atoms. The maximum atomic E-state index is 8.89.